The highest BCUT2D eigenvalue weighted by atomic mass is 32.2. The molecule has 130 valence electrons. The zero-order chi connectivity index (χ0) is 18.2. The van der Waals surface area contributed by atoms with Gasteiger partial charge < -0.3 is 10.1 Å². The minimum atomic E-state index is -0.527. The van der Waals surface area contributed by atoms with Crippen molar-refractivity contribution in [2.75, 3.05) is 18.2 Å². The third-order valence-electron chi connectivity index (χ3n) is 3.35. The summed E-state index contributed by atoms with van der Waals surface area (Å²) in [5.41, 5.74) is 1.26. The van der Waals surface area contributed by atoms with Crippen LogP contribution in [0.3, 0.4) is 0 Å². The molecule has 0 aliphatic carbocycles. The van der Waals surface area contributed by atoms with Gasteiger partial charge in [-0.15, -0.1) is 0 Å². The van der Waals surface area contributed by atoms with E-state index in [4.69, 9.17) is 0 Å². The number of hydrogen-bond donors (Lipinski definition) is 1. The van der Waals surface area contributed by atoms with Gasteiger partial charge in [0, 0.05) is 23.4 Å². The largest absolute Gasteiger partial charge is 0.465 e. The molecule has 2 rings (SSSR count). The summed E-state index contributed by atoms with van der Waals surface area (Å²) in [4.78, 5) is 39.7. The van der Waals surface area contributed by atoms with Crippen molar-refractivity contribution in [2.45, 2.75) is 6.92 Å². The third kappa shape index (κ3) is 5.42. The van der Waals surface area contributed by atoms with E-state index in [9.17, 15) is 14.4 Å². The monoisotopic (exact) mass is 358 g/mol. The summed E-state index contributed by atoms with van der Waals surface area (Å²) in [7, 11) is 1.27. The van der Waals surface area contributed by atoms with Crippen molar-refractivity contribution >= 4 is 34.4 Å². The Labute approximate surface area is 150 Å². The predicted octanol–water partition coefficient (Wildman–Crippen LogP) is 3.02. The second-order valence-electron chi connectivity index (χ2n) is 5.31. The van der Waals surface area contributed by atoms with E-state index in [1.165, 1.54) is 25.6 Å². The Morgan fingerprint density at radius 3 is 2.56 bits per heavy atom. The minimum Gasteiger partial charge on any atom is -0.465 e. The number of hydrogen-bond acceptors (Lipinski definition) is 6. The number of amides is 1. The highest BCUT2D eigenvalue weighted by Crippen LogP contribution is 2.17. The average Bonchev–Trinajstić information content (AvgIpc) is 2.65. The van der Waals surface area contributed by atoms with Gasteiger partial charge in [-0.1, -0.05) is 49.0 Å². The molecule has 1 heterocycles. The molecule has 1 N–H and O–H groups in total. The van der Waals surface area contributed by atoms with Crippen molar-refractivity contribution in [2.24, 2.45) is 5.92 Å². The van der Waals surface area contributed by atoms with Gasteiger partial charge in [-0.2, -0.15) is 0 Å². The van der Waals surface area contributed by atoms with Gasteiger partial charge in [0.25, 0.3) is 0 Å². The highest BCUT2D eigenvalue weighted by Gasteiger charge is 2.17. The van der Waals surface area contributed by atoms with Crippen LogP contribution in [0.4, 0.5) is 5.69 Å². The molecule has 7 heteroatoms. The lowest BCUT2D eigenvalue weighted by Crippen LogP contribution is -2.23. The summed E-state index contributed by atoms with van der Waals surface area (Å²) in [6.07, 6.45) is 2.80. The summed E-state index contributed by atoms with van der Waals surface area (Å²) in [6, 6.07) is 10.4. The summed E-state index contributed by atoms with van der Waals surface area (Å²) < 4.78 is 4.62. The number of nitrogens with zero attached hydrogens (tertiary/aromatic N) is 1. The second-order valence-corrected chi connectivity index (χ2v) is 6.30. The van der Waals surface area contributed by atoms with Gasteiger partial charge in [-0.25, -0.2) is 4.79 Å². The zero-order valence-corrected chi connectivity index (χ0v) is 14.7. The van der Waals surface area contributed by atoms with E-state index >= 15 is 0 Å². The van der Waals surface area contributed by atoms with E-state index in [1.54, 1.807) is 31.2 Å². The lowest BCUT2D eigenvalue weighted by atomic mass is 10.2. The Morgan fingerprint density at radius 1 is 1.16 bits per heavy atom. The van der Waals surface area contributed by atoms with Crippen LogP contribution in [0.15, 0.2) is 48.8 Å². The van der Waals surface area contributed by atoms with Crippen molar-refractivity contribution in [3.63, 3.8) is 0 Å². The van der Waals surface area contributed by atoms with Gasteiger partial charge in [0.2, 0.25) is 11.0 Å². The maximum Gasteiger partial charge on any atom is 0.339 e. The SMILES string of the molecule is COC(=O)c1cncc(NC(=O)C(C)CSC(=O)c2ccccc2)c1. The molecule has 0 saturated carbocycles. The first-order chi connectivity index (χ1) is 12.0. The average molecular weight is 358 g/mol. The van der Waals surface area contributed by atoms with Crippen molar-refractivity contribution in [3.8, 4) is 0 Å². The molecular weight excluding hydrogens is 340 g/mol. The van der Waals surface area contributed by atoms with E-state index in [2.05, 4.69) is 15.0 Å². The molecule has 6 nitrogen and oxygen atoms in total. The van der Waals surface area contributed by atoms with Crippen LogP contribution in [0.5, 0.6) is 0 Å². The van der Waals surface area contributed by atoms with E-state index in [1.807, 2.05) is 6.07 Å². The second kappa shape index (κ2) is 8.98. The third-order valence-corrected chi connectivity index (χ3v) is 4.51. The molecule has 0 bridgehead atoms. The van der Waals surface area contributed by atoms with Gasteiger partial charge in [0.15, 0.2) is 0 Å². The lowest BCUT2D eigenvalue weighted by molar-refractivity contribution is -0.118. The van der Waals surface area contributed by atoms with Crippen LogP contribution >= 0.6 is 11.8 Å². The molecule has 0 aliphatic rings. The van der Waals surface area contributed by atoms with Crippen LogP contribution in [-0.2, 0) is 9.53 Å². The number of thioether (sulfide) groups is 1. The Bertz CT molecular complexity index is 765. The van der Waals surface area contributed by atoms with Crippen molar-refractivity contribution < 1.29 is 19.1 Å². The number of methoxy groups -OCH3 is 1. The first-order valence-corrected chi connectivity index (χ1v) is 8.56. The Hall–Kier alpha value is -2.67. The Kier molecular flexibility index (Phi) is 6.71. The molecule has 1 atom stereocenters. The molecular formula is C18H18N2O4S. The maximum absolute atomic E-state index is 12.2. The zero-order valence-electron chi connectivity index (χ0n) is 13.9. The molecule has 1 aromatic heterocycles. The first-order valence-electron chi connectivity index (χ1n) is 7.57. The van der Waals surface area contributed by atoms with Crippen LogP contribution in [0, 0.1) is 5.92 Å². The fourth-order valence-electron chi connectivity index (χ4n) is 1.94. The van der Waals surface area contributed by atoms with Crippen molar-refractivity contribution in [1.82, 2.24) is 4.98 Å². The quantitative estimate of drug-likeness (QED) is 0.799. The summed E-state index contributed by atoms with van der Waals surface area (Å²) >= 11 is 1.10. The number of carbonyl (C=O) groups is 3. The molecule has 1 unspecified atom stereocenters. The number of rotatable bonds is 6. The highest BCUT2D eigenvalue weighted by molar-refractivity contribution is 8.14. The first kappa shape index (κ1) is 18.7. The molecule has 1 aromatic carbocycles. The number of anilines is 1. The number of ether oxygens (including phenoxy) is 1. The summed E-state index contributed by atoms with van der Waals surface area (Å²) in [5, 5.41) is 2.62. The van der Waals surface area contributed by atoms with Gasteiger partial charge in [0.1, 0.15) is 0 Å². The fraction of sp³-hybridized carbons (Fsp3) is 0.222. The van der Waals surface area contributed by atoms with Gasteiger partial charge in [-0.05, 0) is 6.07 Å². The molecule has 25 heavy (non-hydrogen) atoms. The number of pyridine rings is 1. The summed E-state index contributed by atoms with van der Waals surface area (Å²) in [6.45, 7) is 1.73. The van der Waals surface area contributed by atoms with Crippen LogP contribution < -0.4 is 5.32 Å². The molecule has 1 amide bonds. The van der Waals surface area contributed by atoms with E-state index in [0.29, 0.717) is 17.0 Å². The molecule has 0 fully saturated rings. The smallest absolute Gasteiger partial charge is 0.339 e. The normalized spacial score (nSPS) is 11.4. The van der Waals surface area contributed by atoms with Crippen LogP contribution in [-0.4, -0.2) is 34.8 Å². The van der Waals surface area contributed by atoms with Gasteiger partial charge in [-0.3, -0.25) is 14.6 Å². The topological polar surface area (TPSA) is 85.4 Å². The Morgan fingerprint density at radius 2 is 1.88 bits per heavy atom. The van der Waals surface area contributed by atoms with Crippen molar-refractivity contribution in [3.05, 3.63) is 59.9 Å². The number of carbonyl (C=O) groups excluding carboxylic acids is 3. The lowest BCUT2D eigenvalue weighted by Gasteiger charge is -2.12. The molecule has 0 saturated heterocycles. The Balaban J connectivity index is 1.90. The summed E-state index contributed by atoms with van der Waals surface area (Å²) in [5.74, 6) is -0.818. The number of benzene rings is 1. The molecule has 2 aromatic rings. The standard InChI is InChI=1S/C18H18N2O4S/c1-12(11-25-18(23)13-6-4-3-5-7-13)16(21)20-15-8-14(9-19-10-15)17(22)24-2/h3-10,12H,11H2,1-2H3,(H,20,21). The minimum absolute atomic E-state index is 0.0744. The van der Waals surface area contributed by atoms with Crippen LogP contribution in [0.1, 0.15) is 27.6 Å². The number of nitrogens with one attached hydrogen (secondary N) is 1. The van der Waals surface area contributed by atoms with E-state index in [0.717, 1.165) is 11.8 Å². The predicted molar refractivity (Wildman–Crippen MR) is 96.6 cm³/mol. The fourth-order valence-corrected chi connectivity index (χ4v) is 2.79. The van der Waals surface area contributed by atoms with Gasteiger partial charge >= 0.3 is 5.97 Å². The molecule has 0 radical (unpaired) electrons. The van der Waals surface area contributed by atoms with E-state index in [-0.39, 0.29) is 22.5 Å². The number of esters is 1. The van der Waals surface area contributed by atoms with Crippen LogP contribution in [0.2, 0.25) is 0 Å². The maximum atomic E-state index is 12.2. The molecule has 0 spiro atoms. The van der Waals surface area contributed by atoms with Gasteiger partial charge in [0.05, 0.1) is 24.6 Å². The molecule has 0 aliphatic heterocycles. The van der Waals surface area contributed by atoms with E-state index < -0.39 is 5.97 Å². The van der Waals surface area contributed by atoms with Crippen LogP contribution in [0.25, 0.3) is 0 Å². The number of aromatic nitrogens is 1. The van der Waals surface area contributed by atoms with Crippen molar-refractivity contribution in [1.29, 1.82) is 0 Å².